The number of guanidine groups is 1. The first kappa shape index (κ1) is 20.8. The van der Waals surface area contributed by atoms with Crippen LogP contribution < -0.4 is 10.6 Å². The average molecular weight is 376 g/mol. The van der Waals surface area contributed by atoms with Gasteiger partial charge in [-0.2, -0.15) is 18.4 Å². The number of sulfone groups is 1. The van der Waals surface area contributed by atoms with Crippen LogP contribution in [-0.2, 0) is 9.84 Å². The molecule has 0 radical (unpaired) electrons. The van der Waals surface area contributed by atoms with Gasteiger partial charge in [0.05, 0.1) is 10.9 Å². The minimum atomic E-state index is -5.40. The van der Waals surface area contributed by atoms with E-state index in [1.54, 1.807) is 6.19 Å². The van der Waals surface area contributed by atoms with Gasteiger partial charge in [-0.25, -0.2) is 13.4 Å². The highest BCUT2D eigenvalue weighted by Gasteiger charge is 2.46. The molecule has 0 saturated carbocycles. The van der Waals surface area contributed by atoms with Gasteiger partial charge in [0.1, 0.15) is 0 Å². The van der Waals surface area contributed by atoms with Gasteiger partial charge >= 0.3 is 5.51 Å². The molecule has 0 unspecified atom stereocenters. The van der Waals surface area contributed by atoms with Crippen LogP contribution in [0.1, 0.15) is 27.7 Å². The third-order valence-corrected chi connectivity index (χ3v) is 4.98. The summed E-state index contributed by atoms with van der Waals surface area (Å²) in [6.07, 6.45) is 1.71. The van der Waals surface area contributed by atoms with E-state index < -0.39 is 20.2 Å². The topological polar surface area (TPSA) is 94.3 Å². The minimum Gasteiger partial charge on any atom is -0.326 e. The van der Waals surface area contributed by atoms with E-state index in [0.29, 0.717) is 0 Å². The van der Waals surface area contributed by atoms with Gasteiger partial charge in [-0.3, -0.25) is 5.32 Å². The number of nitrogens with zero attached hydrogens (tertiary/aromatic N) is 2. The predicted octanol–water partition coefficient (Wildman–Crippen LogP) is 3.25. The van der Waals surface area contributed by atoms with Crippen molar-refractivity contribution in [2.45, 2.75) is 44.1 Å². The van der Waals surface area contributed by atoms with Crippen LogP contribution in [-0.4, -0.2) is 25.9 Å². The van der Waals surface area contributed by atoms with Gasteiger partial charge in [-0.05, 0) is 36.6 Å². The van der Waals surface area contributed by atoms with Gasteiger partial charge in [0.2, 0.25) is 5.96 Å². The lowest BCUT2D eigenvalue weighted by Gasteiger charge is -2.24. The Morgan fingerprint density at radius 3 is 2.12 bits per heavy atom. The molecule has 0 heterocycles. The standard InChI is InChI=1S/C15H19F3N4O2S/c1-10(14(2,3)4)21-13(20-9-19)22-11-5-7-12(8-6-11)25(23,24)15(16,17)18/h5-8,10H,1-4H3,(H2,20,21,22)/t10-/m1/s1. The summed E-state index contributed by atoms with van der Waals surface area (Å²) in [7, 11) is -5.40. The Hall–Kier alpha value is -2.28. The fourth-order valence-corrected chi connectivity index (χ4v) is 2.29. The Morgan fingerprint density at radius 1 is 1.20 bits per heavy atom. The quantitative estimate of drug-likeness (QED) is 0.365. The highest BCUT2D eigenvalue weighted by Crippen LogP contribution is 2.30. The van der Waals surface area contributed by atoms with Crippen LogP contribution in [0.15, 0.2) is 34.2 Å². The molecule has 0 aliphatic heterocycles. The number of benzene rings is 1. The normalized spacial score (nSPS) is 14.6. The number of rotatable bonds is 3. The molecule has 0 spiro atoms. The van der Waals surface area contributed by atoms with Crippen LogP contribution in [0.25, 0.3) is 0 Å². The number of aliphatic imine (C=N–C) groups is 1. The van der Waals surface area contributed by atoms with Gasteiger partial charge in [0, 0.05) is 5.69 Å². The van der Waals surface area contributed by atoms with Gasteiger partial charge < -0.3 is 5.32 Å². The maximum atomic E-state index is 12.5. The Bertz CT molecular complexity index is 773. The van der Waals surface area contributed by atoms with Crippen LogP contribution in [0.3, 0.4) is 0 Å². The predicted molar refractivity (Wildman–Crippen MR) is 88.4 cm³/mol. The highest BCUT2D eigenvalue weighted by molar-refractivity contribution is 7.92. The van der Waals surface area contributed by atoms with Gasteiger partial charge in [0.25, 0.3) is 9.84 Å². The summed E-state index contributed by atoms with van der Waals surface area (Å²) in [6, 6.07) is 3.83. The van der Waals surface area contributed by atoms with Crippen molar-refractivity contribution in [2.75, 3.05) is 5.32 Å². The summed E-state index contributed by atoms with van der Waals surface area (Å²) in [5, 5.41) is 13.9. The summed E-state index contributed by atoms with van der Waals surface area (Å²) >= 11 is 0. The summed E-state index contributed by atoms with van der Waals surface area (Å²) < 4.78 is 60.2. The van der Waals surface area contributed by atoms with E-state index in [9.17, 15) is 21.6 Å². The van der Waals surface area contributed by atoms with Crippen molar-refractivity contribution in [2.24, 2.45) is 10.4 Å². The zero-order chi connectivity index (χ0) is 19.5. The second-order valence-electron chi connectivity index (χ2n) is 6.36. The molecule has 2 N–H and O–H groups in total. The first-order valence-electron chi connectivity index (χ1n) is 7.20. The molecule has 0 aliphatic carbocycles. The van der Waals surface area contributed by atoms with E-state index >= 15 is 0 Å². The highest BCUT2D eigenvalue weighted by atomic mass is 32.2. The molecule has 1 aromatic carbocycles. The van der Waals surface area contributed by atoms with Crippen molar-refractivity contribution < 1.29 is 21.6 Å². The Morgan fingerprint density at radius 2 is 1.72 bits per heavy atom. The van der Waals surface area contributed by atoms with E-state index in [-0.39, 0.29) is 23.1 Å². The fraction of sp³-hybridized carbons (Fsp3) is 0.467. The van der Waals surface area contributed by atoms with Gasteiger partial charge in [0.15, 0.2) is 6.19 Å². The van der Waals surface area contributed by atoms with Crippen molar-refractivity contribution in [3.63, 3.8) is 0 Å². The largest absolute Gasteiger partial charge is 0.501 e. The number of nitriles is 1. The zero-order valence-electron chi connectivity index (χ0n) is 14.1. The summed E-state index contributed by atoms with van der Waals surface area (Å²) in [6.45, 7) is 7.73. The number of nitrogens with one attached hydrogen (secondary N) is 2. The van der Waals surface area contributed by atoms with Gasteiger partial charge in [-0.15, -0.1) is 0 Å². The molecule has 6 nitrogen and oxygen atoms in total. The number of alkyl halides is 3. The second kappa shape index (κ2) is 7.31. The molecule has 0 saturated heterocycles. The molecule has 0 aliphatic rings. The average Bonchev–Trinajstić information content (AvgIpc) is 2.45. The van der Waals surface area contributed by atoms with E-state index in [0.717, 1.165) is 24.3 Å². The van der Waals surface area contributed by atoms with Crippen LogP contribution >= 0.6 is 0 Å². The first-order valence-corrected chi connectivity index (χ1v) is 8.68. The summed E-state index contributed by atoms with van der Waals surface area (Å²) in [5.41, 5.74) is -5.25. The smallest absolute Gasteiger partial charge is 0.326 e. The maximum absolute atomic E-state index is 12.5. The molecule has 10 heteroatoms. The van der Waals surface area contributed by atoms with Crippen molar-refractivity contribution in [3.8, 4) is 6.19 Å². The van der Waals surface area contributed by atoms with Crippen molar-refractivity contribution in [1.29, 1.82) is 5.26 Å². The lowest BCUT2D eigenvalue weighted by Crippen LogP contribution is -2.31. The number of anilines is 1. The molecule has 1 rings (SSSR count). The second-order valence-corrected chi connectivity index (χ2v) is 8.30. The Balaban J connectivity index is 3.06. The Kier molecular flexibility index (Phi) is 6.07. The zero-order valence-corrected chi connectivity index (χ0v) is 15.0. The molecule has 1 atom stereocenters. The van der Waals surface area contributed by atoms with E-state index in [4.69, 9.17) is 5.26 Å². The van der Waals surface area contributed by atoms with Crippen LogP contribution in [0.5, 0.6) is 0 Å². The summed E-state index contributed by atoms with van der Waals surface area (Å²) in [4.78, 5) is 3.46. The lowest BCUT2D eigenvalue weighted by molar-refractivity contribution is -0.0436. The molecule has 0 amide bonds. The molecular weight excluding hydrogens is 357 g/mol. The van der Waals surface area contributed by atoms with Gasteiger partial charge in [-0.1, -0.05) is 20.8 Å². The monoisotopic (exact) mass is 376 g/mol. The summed E-state index contributed by atoms with van der Waals surface area (Å²) in [5.74, 6) is 0.108. The number of halogens is 3. The van der Waals surface area contributed by atoms with Crippen LogP contribution in [0, 0.1) is 16.9 Å². The van der Waals surface area contributed by atoms with Crippen molar-refractivity contribution >= 4 is 21.5 Å². The van der Waals surface area contributed by atoms with E-state index in [2.05, 4.69) is 15.6 Å². The molecule has 1 aromatic rings. The third kappa shape index (κ3) is 5.35. The molecule has 0 fully saturated rings. The number of hydrogen-bond donors (Lipinski definition) is 2. The molecule has 25 heavy (non-hydrogen) atoms. The van der Waals surface area contributed by atoms with Crippen molar-refractivity contribution in [1.82, 2.24) is 5.32 Å². The lowest BCUT2D eigenvalue weighted by atomic mass is 9.88. The molecule has 0 bridgehead atoms. The molecule has 138 valence electrons. The van der Waals surface area contributed by atoms with E-state index in [1.807, 2.05) is 27.7 Å². The fourth-order valence-electron chi connectivity index (χ4n) is 1.52. The van der Waals surface area contributed by atoms with E-state index in [1.165, 1.54) is 0 Å². The van der Waals surface area contributed by atoms with Crippen LogP contribution in [0.2, 0.25) is 0 Å². The number of hydrogen-bond acceptors (Lipinski definition) is 4. The molecule has 0 aromatic heterocycles. The third-order valence-electron chi connectivity index (χ3n) is 3.48. The van der Waals surface area contributed by atoms with Crippen LogP contribution in [0.4, 0.5) is 18.9 Å². The van der Waals surface area contributed by atoms with Crippen molar-refractivity contribution in [3.05, 3.63) is 24.3 Å². The minimum absolute atomic E-state index is 0.108. The Labute approximate surface area is 144 Å². The maximum Gasteiger partial charge on any atom is 0.501 e. The first-order chi connectivity index (χ1) is 11.3. The SMILES string of the molecule is C[C@@H](N=C(NC#N)Nc1ccc(S(=O)(=O)C(F)(F)F)cc1)C(C)(C)C. The molecular formula is C15H19F3N4O2S.